The number of hydrogen-bond donors (Lipinski definition) is 1. The molecule has 0 bridgehead atoms. The maximum absolute atomic E-state index is 14.6. The van der Waals surface area contributed by atoms with Gasteiger partial charge in [0.1, 0.15) is 22.8 Å². The molecule has 0 atom stereocenters. The number of hydrogen-bond acceptors (Lipinski definition) is 8. The lowest BCUT2D eigenvalue weighted by molar-refractivity contribution is 0.0556. The van der Waals surface area contributed by atoms with Crippen molar-refractivity contribution >= 4 is 17.9 Å². The minimum atomic E-state index is -1.26. The van der Waals surface area contributed by atoms with E-state index < -0.39 is 28.9 Å². The van der Waals surface area contributed by atoms with Crippen LogP contribution in [0.4, 0.5) is 15.0 Å². The smallest absolute Gasteiger partial charge is 0.416 e. The number of amides is 1. The molecule has 0 unspecified atom stereocenters. The van der Waals surface area contributed by atoms with Crippen LogP contribution >= 0.6 is 0 Å². The fourth-order valence-corrected chi connectivity index (χ4v) is 3.81. The van der Waals surface area contributed by atoms with Crippen molar-refractivity contribution in [3.8, 4) is 11.4 Å². The molecule has 1 aliphatic rings. The summed E-state index contributed by atoms with van der Waals surface area (Å²) in [5.41, 5.74) is -0.683. The minimum absolute atomic E-state index is 0.108. The second-order valence-electron chi connectivity index (χ2n) is 9.19. The Balaban J connectivity index is 1.67. The highest BCUT2D eigenvalue weighted by Crippen LogP contribution is 2.45. The average molecular weight is 469 g/mol. The second kappa shape index (κ2) is 8.81. The summed E-state index contributed by atoms with van der Waals surface area (Å²) in [4.78, 5) is 29.8. The van der Waals surface area contributed by atoms with Crippen molar-refractivity contribution in [2.45, 2.75) is 51.0 Å². The highest BCUT2D eigenvalue weighted by molar-refractivity contribution is 5.87. The lowest BCUT2D eigenvalue weighted by atomic mass is 9.66. The lowest BCUT2D eigenvalue weighted by Crippen LogP contribution is -2.50. The van der Waals surface area contributed by atoms with Gasteiger partial charge in [-0.2, -0.15) is 0 Å². The van der Waals surface area contributed by atoms with Crippen molar-refractivity contribution in [3.05, 3.63) is 53.8 Å². The van der Waals surface area contributed by atoms with Gasteiger partial charge in [0.05, 0.1) is 5.69 Å². The number of nitrogens with zero attached hydrogens (tertiary/aromatic N) is 5. The van der Waals surface area contributed by atoms with Gasteiger partial charge in [-0.25, -0.2) is 14.0 Å². The predicted octanol–water partition coefficient (Wildman–Crippen LogP) is 4.23. The maximum atomic E-state index is 14.6. The van der Waals surface area contributed by atoms with Crippen LogP contribution < -0.4 is 4.90 Å². The predicted molar refractivity (Wildman–Crippen MR) is 118 cm³/mol. The van der Waals surface area contributed by atoms with E-state index in [0.29, 0.717) is 18.5 Å². The number of ether oxygens (including phenoxy) is 1. The highest BCUT2D eigenvalue weighted by Gasteiger charge is 2.45. The molecule has 4 rings (SSSR count). The molecule has 0 aromatic carbocycles. The number of carboxylic acid groups (broad SMARTS) is 1. The summed E-state index contributed by atoms with van der Waals surface area (Å²) in [6, 6.07) is 7.20. The summed E-state index contributed by atoms with van der Waals surface area (Å²) in [6.45, 7) is 5.36. The largest absolute Gasteiger partial charge is 0.475 e. The summed E-state index contributed by atoms with van der Waals surface area (Å²) >= 11 is 0. The van der Waals surface area contributed by atoms with Crippen LogP contribution in [-0.4, -0.2) is 49.7 Å². The molecular weight excluding hydrogens is 445 g/mol. The third-order valence-corrected chi connectivity index (χ3v) is 5.56. The van der Waals surface area contributed by atoms with Crippen molar-refractivity contribution in [1.82, 2.24) is 20.3 Å². The first-order chi connectivity index (χ1) is 16.1. The van der Waals surface area contributed by atoms with E-state index in [1.807, 2.05) is 0 Å². The summed E-state index contributed by atoms with van der Waals surface area (Å²) in [6.07, 6.45) is 3.08. The molecule has 1 fully saturated rings. The van der Waals surface area contributed by atoms with E-state index in [1.54, 1.807) is 26.8 Å². The molecule has 1 amide bonds. The molecule has 3 aromatic rings. The molecule has 0 aliphatic heterocycles. The third-order valence-electron chi connectivity index (χ3n) is 5.56. The zero-order chi connectivity index (χ0) is 24.5. The molecule has 178 valence electrons. The zero-order valence-corrected chi connectivity index (χ0v) is 19.0. The number of aromatic nitrogens is 4. The molecule has 1 N–H and O–H groups in total. The SMILES string of the molecule is CC(C)(C)OC(=O)N(CC1(c2ncccc2F)CCC1)c1ccc(-c2cc(C(=O)O)on2)nn1. The Labute approximate surface area is 194 Å². The van der Waals surface area contributed by atoms with Crippen LogP contribution in [0.25, 0.3) is 11.4 Å². The Kier molecular flexibility index (Phi) is 6.03. The van der Waals surface area contributed by atoms with Crippen LogP contribution in [0, 0.1) is 5.82 Å². The van der Waals surface area contributed by atoms with Gasteiger partial charge in [-0.1, -0.05) is 11.6 Å². The van der Waals surface area contributed by atoms with Crippen molar-refractivity contribution in [3.63, 3.8) is 0 Å². The van der Waals surface area contributed by atoms with Gasteiger partial charge in [0, 0.05) is 24.2 Å². The molecule has 1 aliphatic carbocycles. The fraction of sp³-hybridized carbons (Fsp3) is 0.391. The van der Waals surface area contributed by atoms with Crippen molar-refractivity contribution < 1.29 is 28.3 Å². The van der Waals surface area contributed by atoms with Gasteiger partial charge in [0.25, 0.3) is 0 Å². The molecule has 10 nitrogen and oxygen atoms in total. The number of carbonyl (C=O) groups excluding carboxylic acids is 1. The molecule has 1 saturated carbocycles. The first-order valence-electron chi connectivity index (χ1n) is 10.7. The van der Waals surface area contributed by atoms with Gasteiger partial charge >= 0.3 is 12.1 Å². The fourth-order valence-electron chi connectivity index (χ4n) is 3.81. The quantitative estimate of drug-likeness (QED) is 0.563. The normalized spacial score (nSPS) is 14.8. The average Bonchev–Trinajstić information content (AvgIpc) is 3.24. The van der Waals surface area contributed by atoms with Crippen molar-refractivity contribution in [1.29, 1.82) is 0 Å². The number of pyridine rings is 1. The summed E-state index contributed by atoms with van der Waals surface area (Å²) in [5, 5.41) is 20.9. The Hall–Kier alpha value is -3.89. The molecule has 11 heteroatoms. The first kappa shape index (κ1) is 23.3. The molecule has 3 heterocycles. The summed E-state index contributed by atoms with van der Waals surface area (Å²) < 4.78 is 25.0. The number of rotatable bonds is 6. The van der Waals surface area contributed by atoms with E-state index >= 15 is 0 Å². The summed E-state index contributed by atoms with van der Waals surface area (Å²) in [5.74, 6) is -1.82. The monoisotopic (exact) mass is 469 g/mol. The molecule has 0 saturated heterocycles. The molecule has 34 heavy (non-hydrogen) atoms. The van der Waals surface area contributed by atoms with E-state index in [4.69, 9.17) is 14.4 Å². The van der Waals surface area contributed by atoms with Crippen LogP contribution in [0.15, 0.2) is 41.1 Å². The number of aromatic carboxylic acids is 1. The van der Waals surface area contributed by atoms with E-state index in [-0.39, 0.29) is 29.5 Å². The topological polar surface area (TPSA) is 132 Å². The standard InChI is InChI=1S/C23H24FN5O5/c1-22(2,3)33-21(32)29(13-23(9-5-10-23)19-14(24)6-4-11-25-19)18-8-7-15(26-27-18)16-12-17(20(30)31)34-28-16/h4,6-8,11-12H,5,9-10,13H2,1-3H3,(H,30,31). The Morgan fingerprint density at radius 1 is 1.21 bits per heavy atom. The van der Waals surface area contributed by atoms with E-state index in [0.717, 1.165) is 6.42 Å². The zero-order valence-electron chi connectivity index (χ0n) is 19.0. The van der Waals surface area contributed by atoms with Crippen molar-refractivity contribution in [2.24, 2.45) is 0 Å². The molecule has 3 aromatic heterocycles. The van der Waals surface area contributed by atoms with E-state index in [2.05, 4.69) is 20.3 Å². The van der Waals surface area contributed by atoms with Gasteiger partial charge < -0.3 is 14.4 Å². The molecule has 0 radical (unpaired) electrons. The van der Waals surface area contributed by atoms with Crippen LogP contribution in [-0.2, 0) is 10.2 Å². The van der Waals surface area contributed by atoms with E-state index in [1.165, 1.54) is 35.4 Å². The number of anilines is 1. The van der Waals surface area contributed by atoms with Crippen LogP contribution in [0.1, 0.15) is 56.3 Å². The van der Waals surface area contributed by atoms with Crippen LogP contribution in [0.3, 0.4) is 0 Å². The van der Waals surface area contributed by atoms with Gasteiger partial charge in [-0.15, -0.1) is 10.2 Å². The minimum Gasteiger partial charge on any atom is -0.475 e. The number of carbonyl (C=O) groups is 2. The first-order valence-corrected chi connectivity index (χ1v) is 10.7. The van der Waals surface area contributed by atoms with Gasteiger partial charge in [0.15, 0.2) is 5.82 Å². The Morgan fingerprint density at radius 3 is 2.50 bits per heavy atom. The van der Waals surface area contributed by atoms with Gasteiger partial charge in [0.2, 0.25) is 5.76 Å². The second-order valence-corrected chi connectivity index (χ2v) is 9.19. The Bertz CT molecular complexity index is 1200. The van der Waals surface area contributed by atoms with E-state index in [9.17, 15) is 14.0 Å². The number of carboxylic acids is 1. The third kappa shape index (κ3) is 4.73. The number of halogens is 1. The lowest BCUT2D eigenvalue weighted by Gasteiger charge is -2.44. The van der Waals surface area contributed by atoms with Gasteiger partial charge in [-0.05, 0) is 57.9 Å². The van der Waals surface area contributed by atoms with Gasteiger partial charge in [-0.3, -0.25) is 9.88 Å². The van der Waals surface area contributed by atoms with Crippen LogP contribution in [0.2, 0.25) is 0 Å². The molecule has 0 spiro atoms. The molecular formula is C23H24FN5O5. The van der Waals surface area contributed by atoms with Crippen molar-refractivity contribution in [2.75, 3.05) is 11.4 Å². The summed E-state index contributed by atoms with van der Waals surface area (Å²) in [7, 11) is 0. The highest BCUT2D eigenvalue weighted by atomic mass is 19.1. The maximum Gasteiger partial charge on any atom is 0.416 e. The van der Waals surface area contributed by atoms with Crippen LogP contribution in [0.5, 0.6) is 0 Å². The Morgan fingerprint density at radius 2 is 1.97 bits per heavy atom.